The van der Waals surface area contributed by atoms with Crippen molar-refractivity contribution in [1.29, 1.82) is 0 Å². The zero-order valence-corrected chi connectivity index (χ0v) is 14.6. The lowest BCUT2D eigenvalue weighted by Crippen LogP contribution is -2.37. The first kappa shape index (κ1) is 17.1. The van der Waals surface area contributed by atoms with Gasteiger partial charge in [0.25, 0.3) is 0 Å². The quantitative estimate of drug-likeness (QED) is 0.845. The molecule has 5 nitrogen and oxygen atoms in total. The van der Waals surface area contributed by atoms with E-state index in [0.29, 0.717) is 29.6 Å². The lowest BCUT2D eigenvalue weighted by molar-refractivity contribution is 0.288. The van der Waals surface area contributed by atoms with Gasteiger partial charge in [-0.25, -0.2) is 8.42 Å². The van der Waals surface area contributed by atoms with Crippen LogP contribution in [-0.4, -0.2) is 38.9 Å². The number of piperidine rings is 1. The number of sulfonamides is 1. The van der Waals surface area contributed by atoms with Crippen molar-refractivity contribution in [2.24, 2.45) is 5.92 Å². The molecule has 2 rings (SSSR count). The van der Waals surface area contributed by atoms with E-state index in [-0.39, 0.29) is 0 Å². The standard InChI is InChI=1S/C16H27N3O2S/c1-4-18(5-2)16-7-6-14(12-15(16)17)22(20,21)19-10-8-13(3)9-11-19/h6-7,12-13H,4-5,8-11,17H2,1-3H3. The van der Waals surface area contributed by atoms with Crippen LogP contribution in [0.4, 0.5) is 11.4 Å². The van der Waals surface area contributed by atoms with Gasteiger partial charge in [-0.3, -0.25) is 0 Å². The predicted octanol–water partition coefficient (Wildman–Crippen LogP) is 2.54. The van der Waals surface area contributed by atoms with E-state index in [2.05, 4.69) is 25.7 Å². The summed E-state index contributed by atoms with van der Waals surface area (Å²) in [5.41, 5.74) is 7.52. The highest BCUT2D eigenvalue weighted by atomic mass is 32.2. The van der Waals surface area contributed by atoms with E-state index in [9.17, 15) is 8.42 Å². The Labute approximate surface area is 134 Å². The van der Waals surface area contributed by atoms with Crippen molar-refractivity contribution in [2.45, 2.75) is 38.5 Å². The minimum Gasteiger partial charge on any atom is -0.397 e. The third-order valence-corrected chi connectivity index (χ3v) is 6.38. The summed E-state index contributed by atoms with van der Waals surface area (Å²) in [5.74, 6) is 0.599. The maximum absolute atomic E-state index is 12.7. The summed E-state index contributed by atoms with van der Waals surface area (Å²) in [7, 11) is -3.43. The minimum atomic E-state index is -3.43. The largest absolute Gasteiger partial charge is 0.397 e. The number of rotatable bonds is 5. The number of nitrogens with zero attached hydrogens (tertiary/aromatic N) is 2. The highest BCUT2D eigenvalue weighted by molar-refractivity contribution is 7.89. The maximum Gasteiger partial charge on any atom is 0.243 e. The second kappa shape index (κ2) is 6.87. The Morgan fingerprint density at radius 3 is 2.32 bits per heavy atom. The number of hydrogen-bond donors (Lipinski definition) is 1. The molecule has 1 aliphatic rings. The summed E-state index contributed by atoms with van der Waals surface area (Å²) < 4.78 is 27.0. The molecule has 6 heteroatoms. The van der Waals surface area contributed by atoms with Gasteiger partial charge in [0.05, 0.1) is 16.3 Å². The molecule has 124 valence electrons. The average molecular weight is 325 g/mol. The predicted molar refractivity (Wildman–Crippen MR) is 91.6 cm³/mol. The molecule has 0 spiro atoms. The van der Waals surface area contributed by atoms with E-state index in [1.54, 1.807) is 16.4 Å². The topological polar surface area (TPSA) is 66.6 Å². The van der Waals surface area contributed by atoms with E-state index < -0.39 is 10.0 Å². The summed E-state index contributed by atoms with van der Waals surface area (Å²) in [6.07, 6.45) is 1.85. The van der Waals surface area contributed by atoms with Gasteiger partial charge in [0.2, 0.25) is 10.0 Å². The Hall–Kier alpha value is -1.27. The molecule has 22 heavy (non-hydrogen) atoms. The summed E-state index contributed by atoms with van der Waals surface area (Å²) in [6, 6.07) is 5.10. The van der Waals surface area contributed by atoms with Gasteiger partial charge in [-0.1, -0.05) is 6.92 Å². The first-order valence-electron chi connectivity index (χ1n) is 8.04. The van der Waals surface area contributed by atoms with Gasteiger partial charge >= 0.3 is 0 Å². The van der Waals surface area contributed by atoms with Crippen molar-refractivity contribution in [2.75, 3.05) is 36.8 Å². The molecule has 1 aromatic carbocycles. The number of hydrogen-bond acceptors (Lipinski definition) is 4. The van der Waals surface area contributed by atoms with E-state index >= 15 is 0 Å². The molecule has 1 aliphatic heterocycles. The number of nitrogen functional groups attached to an aromatic ring is 1. The molecule has 0 radical (unpaired) electrons. The molecule has 1 aromatic rings. The van der Waals surface area contributed by atoms with Crippen LogP contribution in [0.3, 0.4) is 0 Å². The van der Waals surface area contributed by atoms with Gasteiger partial charge < -0.3 is 10.6 Å². The van der Waals surface area contributed by atoms with Crippen LogP contribution in [-0.2, 0) is 10.0 Å². The van der Waals surface area contributed by atoms with Gasteiger partial charge in [0.1, 0.15) is 0 Å². The third-order valence-electron chi connectivity index (χ3n) is 4.48. The van der Waals surface area contributed by atoms with Crippen LogP contribution >= 0.6 is 0 Å². The summed E-state index contributed by atoms with van der Waals surface area (Å²) in [5, 5.41) is 0. The Bertz CT molecular complexity index is 604. The molecule has 0 aliphatic carbocycles. The number of nitrogens with two attached hydrogens (primary N) is 1. The Morgan fingerprint density at radius 2 is 1.82 bits per heavy atom. The second-order valence-corrected chi connectivity index (χ2v) is 7.92. The normalized spacial score (nSPS) is 17.6. The van der Waals surface area contributed by atoms with Crippen LogP contribution in [0.15, 0.2) is 23.1 Å². The molecule has 0 amide bonds. The molecule has 0 aromatic heterocycles. The minimum absolute atomic E-state index is 0.301. The molecule has 2 N–H and O–H groups in total. The van der Waals surface area contributed by atoms with E-state index in [0.717, 1.165) is 31.6 Å². The smallest absolute Gasteiger partial charge is 0.243 e. The first-order valence-corrected chi connectivity index (χ1v) is 9.48. The Balaban J connectivity index is 2.27. The first-order chi connectivity index (χ1) is 10.4. The van der Waals surface area contributed by atoms with Gasteiger partial charge in [-0.05, 0) is 50.8 Å². The van der Waals surface area contributed by atoms with E-state index in [4.69, 9.17) is 5.73 Å². The Morgan fingerprint density at radius 1 is 1.23 bits per heavy atom. The van der Waals surface area contributed by atoms with E-state index in [1.165, 1.54) is 0 Å². The van der Waals surface area contributed by atoms with Crippen LogP contribution in [0, 0.1) is 5.92 Å². The zero-order valence-electron chi connectivity index (χ0n) is 13.7. The van der Waals surface area contributed by atoms with Crippen LogP contribution in [0.1, 0.15) is 33.6 Å². The lowest BCUT2D eigenvalue weighted by atomic mass is 10.0. The third kappa shape index (κ3) is 3.38. The number of benzene rings is 1. The average Bonchev–Trinajstić information content (AvgIpc) is 2.50. The Kier molecular flexibility index (Phi) is 5.34. The molecular formula is C16H27N3O2S. The van der Waals surface area contributed by atoms with Crippen molar-refractivity contribution >= 4 is 21.4 Å². The lowest BCUT2D eigenvalue weighted by Gasteiger charge is -2.30. The van der Waals surface area contributed by atoms with Gasteiger partial charge in [0, 0.05) is 26.2 Å². The van der Waals surface area contributed by atoms with Gasteiger partial charge in [-0.15, -0.1) is 0 Å². The molecule has 0 saturated carbocycles. The zero-order chi connectivity index (χ0) is 16.3. The number of anilines is 2. The summed E-state index contributed by atoms with van der Waals surface area (Å²) in [4.78, 5) is 2.42. The second-order valence-electron chi connectivity index (χ2n) is 5.98. The molecule has 0 bridgehead atoms. The highest BCUT2D eigenvalue weighted by Gasteiger charge is 2.28. The van der Waals surface area contributed by atoms with Gasteiger partial charge in [0.15, 0.2) is 0 Å². The molecule has 0 unspecified atom stereocenters. The van der Waals surface area contributed by atoms with Crippen LogP contribution < -0.4 is 10.6 Å². The fourth-order valence-electron chi connectivity index (χ4n) is 2.92. The van der Waals surface area contributed by atoms with Crippen molar-refractivity contribution in [1.82, 2.24) is 4.31 Å². The maximum atomic E-state index is 12.7. The molecule has 0 atom stereocenters. The summed E-state index contributed by atoms with van der Waals surface area (Å²) in [6.45, 7) is 9.17. The van der Waals surface area contributed by atoms with Gasteiger partial charge in [-0.2, -0.15) is 4.31 Å². The van der Waals surface area contributed by atoms with E-state index in [1.807, 2.05) is 6.07 Å². The SMILES string of the molecule is CCN(CC)c1ccc(S(=O)(=O)N2CCC(C)CC2)cc1N. The molecular weight excluding hydrogens is 298 g/mol. The molecule has 1 heterocycles. The molecule has 1 saturated heterocycles. The van der Waals surface area contributed by atoms with Crippen molar-refractivity contribution in [3.05, 3.63) is 18.2 Å². The van der Waals surface area contributed by atoms with Crippen LogP contribution in [0.2, 0.25) is 0 Å². The van der Waals surface area contributed by atoms with Crippen molar-refractivity contribution < 1.29 is 8.42 Å². The summed E-state index contributed by atoms with van der Waals surface area (Å²) >= 11 is 0. The fraction of sp³-hybridized carbons (Fsp3) is 0.625. The van der Waals surface area contributed by atoms with Crippen molar-refractivity contribution in [3.8, 4) is 0 Å². The monoisotopic (exact) mass is 325 g/mol. The van der Waals surface area contributed by atoms with Crippen LogP contribution in [0.25, 0.3) is 0 Å². The van der Waals surface area contributed by atoms with Crippen molar-refractivity contribution in [3.63, 3.8) is 0 Å². The fourth-order valence-corrected chi connectivity index (χ4v) is 4.43. The van der Waals surface area contributed by atoms with Crippen LogP contribution in [0.5, 0.6) is 0 Å². The molecule has 1 fully saturated rings. The highest BCUT2D eigenvalue weighted by Crippen LogP contribution is 2.29.